The SMILES string of the molecule is O=c1[nH]cc(-c2cccc(Cl)c2)[nH]1. The van der Waals surface area contributed by atoms with E-state index < -0.39 is 0 Å². The quantitative estimate of drug-likeness (QED) is 0.717. The van der Waals surface area contributed by atoms with Crippen LogP contribution in [0.2, 0.25) is 5.02 Å². The second-order valence-electron chi connectivity index (χ2n) is 2.67. The van der Waals surface area contributed by atoms with Crippen LogP contribution in [-0.2, 0) is 0 Å². The molecule has 1 aromatic heterocycles. The highest BCUT2D eigenvalue weighted by Gasteiger charge is 1.99. The van der Waals surface area contributed by atoms with Crippen LogP contribution in [0.15, 0.2) is 35.3 Å². The fourth-order valence-electron chi connectivity index (χ4n) is 1.14. The van der Waals surface area contributed by atoms with Crippen molar-refractivity contribution in [3.63, 3.8) is 0 Å². The van der Waals surface area contributed by atoms with Crippen molar-refractivity contribution in [3.05, 3.63) is 46.0 Å². The number of rotatable bonds is 1. The first-order valence-electron chi connectivity index (χ1n) is 3.79. The standard InChI is InChI=1S/C9H7ClN2O/c10-7-3-1-2-6(4-7)8-5-11-9(13)12-8/h1-5H,(H2,11,12,13). The van der Waals surface area contributed by atoms with E-state index in [-0.39, 0.29) is 5.69 Å². The first-order valence-corrected chi connectivity index (χ1v) is 4.17. The number of aromatic nitrogens is 2. The summed E-state index contributed by atoms with van der Waals surface area (Å²) in [5.74, 6) is 0. The average molecular weight is 195 g/mol. The van der Waals surface area contributed by atoms with Gasteiger partial charge in [-0.3, -0.25) is 0 Å². The second kappa shape index (κ2) is 3.11. The van der Waals surface area contributed by atoms with Gasteiger partial charge in [0.25, 0.3) is 0 Å². The van der Waals surface area contributed by atoms with Crippen LogP contribution in [0.25, 0.3) is 11.3 Å². The van der Waals surface area contributed by atoms with Crippen LogP contribution in [-0.4, -0.2) is 9.97 Å². The molecule has 0 aliphatic heterocycles. The van der Waals surface area contributed by atoms with E-state index in [4.69, 9.17) is 11.6 Å². The van der Waals surface area contributed by atoms with Gasteiger partial charge >= 0.3 is 5.69 Å². The van der Waals surface area contributed by atoms with Gasteiger partial charge in [-0.1, -0.05) is 23.7 Å². The highest BCUT2D eigenvalue weighted by atomic mass is 35.5. The fraction of sp³-hybridized carbons (Fsp3) is 0. The minimum absolute atomic E-state index is 0.213. The Labute approximate surface area is 79.4 Å². The molecule has 0 amide bonds. The van der Waals surface area contributed by atoms with Crippen molar-refractivity contribution < 1.29 is 0 Å². The van der Waals surface area contributed by atoms with Crippen LogP contribution in [0, 0.1) is 0 Å². The second-order valence-corrected chi connectivity index (χ2v) is 3.10. The molecule has 66 valence electrons. The predicted molar refractivity (Wildman–Crippen MR) is 51.9 cm³/mol. The molecule has 0 atom stereocenters. The molecule has 0 aliphatic carbocycles. The van der Waals surface area contributed by atoms with Crippen molar-refractivity contribution in [2.24, 2.45) is 0 Å². The van der Waals surface area contributed by atoms with Gasteiger partial charge in [-0.25, -0.2) is 4.79 Å². The molecule has 2 rings (SSSR count). The first kappa shape index (κ1) is 8.13. The maximum atomic E-state index is 10.8. The third-order valence-corrected chi connectivity index (χ3v) is 1.97. The van der Waals surface area contributed by atoms with E-state index in [0.29, 0.717) is 5.02 Å². The van der Waals surface area contributed by atoms with E-state index in [2.05, 4.69) is 9.97 Å². The Balaban J connectivity index is 2.52. The van der Waals surface area contributed by atoms with Gasteiger partial charge in [-0.15, -0.1) is 0 Å². The zero-order chi connectivity index (χ0) is 9.26. The van der Waals surface area contributed by atoms with Gasteiger partial charge in [-0.2, -0.15) is 0 Å². The molecule has 2 N–H and O–H groups in total. The summed E-state index contributed by atoms with van der Waals surface area (Å²) in [7, 11) is 0. The van der Waals surface area contributed by atoms with E-state index in [1.165, 1.54) is 0 Å². The molecular formula is C9H7ClN2O. The molecule has 0 aliphatic rings. The van der Waals surface area contributed by atoms with Crippen molar-refractivity contribution in [2.45, 2.75) is 0 Å². The minimum atomic E-state index is -0.213. The molecule has 0 fully saturated rings. The van der Waals surface area contributed by atoms with Crippen molar-refractivity contribution in [2.75, 3.05) is 0 Å². The molecule has 0 spiro atoms. The van der Waals surface area contributed by atoms with Crippen LogP contribution in [0.3, 0.4) is 0 Å². The topological polar surface area (TPSA) is 48.6 Å². The highest BCUT2D eigenvalue weighted by molar-refractivity contribution is 6.30. The lowest BCUT2D eigenvalue weighted by Crippen LogP contribution is -1.99. The number of halogens is 1. The molecular weight excluding hydrogens is 188 g/mol. The highest BCUT2D eigenvalue weighted by Crippen LogP contribution is 2.18. The Bertz CT molecular complexity index is 472. The Morgan fingerprint density at radius 1 is 1.31 bits per heavy atom. The number of benzene rings is 1. The van der Waals surface area contributed by atoms with Crippen molar-refractivity contribution in [1.29, 1.82) is 0 Å². The van der Waals surface area contributed by atoms with E-state index in [9.17, 15) is 4.79 Å². The van der Waals surface area contributed by atoms with Crippen molar-refractivity contribution >= 4 is 11.6 Å². The minimum Gasteiger partial charge on any atom is -0.312 e. The lowest BCUT2D eigenvalue weighted by atomic mass is 10.2. The van der Waals surface area contributed by atoms with Gasteiger partial charge in [0, 0.05) is 16.8 Å². The summed E-state index contributed by atoms with van der Waals surface area (Å²) < 4.78 is 0. The Morgan fingerprint density at radius 2 is 2.15 bits per heavy atom. The number of imidazole rings is 1. The van der Waals surface area contributed by atoms with Crippen LogP contribution in [0.1, 0.15) is 0 Å². The van der Waals surface area contributed by atoms with Crippen molar-refractivity contribution in [3.8, 4) is 11.3 Å². The van der Waals surface area contributed by atoms with Crippen LogP contribution in [0.4, 0.5) is 0 Å². The zero-order valence-corrected chi connectivity index (χ0v) is 7.43. The first-order chi connectivity index (χ1) is 6.25. The summed E-state index contributed by atoms with van der Waals surface area (Å²) in [4.78, 5) is 16.0. The van der Waals surface area contributed by atoms with Crippen LogP contribution >= 0.6 is 11.6 Å². The largest absolute Gasteiger partial charge is 0.323 e. The monoisotopic (exact) mass is 194 g/mol. The molecule has 4 heteroatoms. The Kier molecular flexibility index (Phi) is 1.94. The summed E-state index contributed by atoms with van der Waals surface area (Å²) in [6.07, 6.45) is 1.62. The molecule has 1 heterocycles. The smallest absolute Gasteiger partial charge is 0.312 e. The molecule has 0 radical (unpaired) electrons. The van der Waals surface area contributed by atoms with E-state index in [0.717, 1.165) is 11.3 Å². The van der Waals surface area contributed by atoms with Gasteiger partial charge in [0.05, 0.1) is 5.69 Å². The molecule has 0 saturated heterocycles. The molecule has 0 bridgehead atoms. The van der Waals surface area contributed by atoms with Crippen molar-refractivity contribution in [1.82, 2.24) is 9.97 Å². The van der Waals surface area contributed by atoms with Gasteiger partial charge < -0.3 is 9.97 Å². The van der Waals surface area contributed by atoms with E-state index in [1.807, 2.05) is 12.1 Å². The third kappa shape index (κ3) is 1.65. The van der Waals surface area contributed by atoms with E-state index in [1.54, 1.807) is 18.3 Å². The number of H-pyrrole nitrogens is 2. The van der Waals surface area contributed by atoms with Gasteiger partial charge in [0.1, 0.15) is 0 Å². The average Bonchev–Trinajstić information content (AvgIpc) is 2.52. The van der Waals surface area contributed by atoms with Crippen LogP contribution in [0.5, 0.6) is 0 Å². The summed E-state index contributed by atoms with van der Waals surface area (Å²) in [5, 5.41) is 0.652. The summed E-state index contributed by atoms with van der Waals surface area (Å²) >= 11 is 5.80. The molecule has 1 aromatic carbocycles. The number of hydrogen-bond donors (Lipinski definition) is 2. The maximum Gasteiger partial charge on any atom is 0.323 e. The maximum absolute atomic E-state index is 10.8. The summed E-state index contributed by atoms with van der Waals surface area (Å²) in [6, 6.07) is 7.30. The lowest BCUT2D eigenvalue weighted by molar-refractivity contribution is 1.19. The van der Waals surface area contributed by atoms with Gasteiger partial charge in [0.15, 0.2) is 0 Å². The zero-order valence-electron chi connectivity index (χ0n) is 6.67. The number of hydrogen-bond acceptors (Lipinski definition) is 1. The third-order valence-electron chi connectivity index (χ3n) is 1.73. The Hall–Kier alpha value is -1.48. The fourth-order valence-corrected chi connectivity index (χ4v) is 1.33. The predicted octanol–water partition coefficient (Wildman–Crippen LogP) is 2.02. The number of aromatic amines is 2. The van der Waals surface area contributed by atoms with Crippen LogP contribution < -0.4 is 5.69 Å². The molecule has 0 saturated carbocycles. The molecule has 2 aromatic rings. The normalized spacial score (nSPS) is 10.2. The molecule has 0 unspecified atom stereocenters. The molecule has 13 heavy (non-hydrogen) atoms. The summed E-state index contributed by atoms with van der Waals surface area (Å²) in [5.41, 5.74) is 1.42. The van der Waals surface area contributed by atoms with Gasteiger partial charge in [-0.05, 0) is 12.1 Å². The molecule has 3 nitrogen and oxygen atoms in total. The Morgan fingerprint density at radius 3 is 2.77 bits per heavy atom. The number of nitrogens with one attached hydrogen (secondary N) is 2. The van der Waals surface area contributed by atoms with E-state index >= 15 is 0 Å². The summed E-state index contributed by atoms with van der Waals surface area (Å²) in [6.45, 7) is 0. The van der Waals surface area contributed by atoms with Gasteiger partial charge in [0.2, 0.25) is 0 Å². The lowest BCUT2D eigenvalue weighted by Gasteiger charge is -1.96.